The van der Waals surface area contributed by atoms with Gasteiger partial charge in [0.05, 0.1) is 20.3 Å². The molecule has 120 valence electrons. The molecule has 0 aliphatic rings. The molecule has 0 amide bonds. The molecular weight excluding hydrogens is 268 g/mol. The van der Waals surface area contributed by atoms with Gasteiger partial charge in [0.15, 0.2) is 11.5 Å². The number of aliphatic hydroxyl groups is 1. The molecule has 1 rings (SSSR count). The number of aliphatic hydroxyl groups excluding tert-OH is 1. The summed E-state index contributed by atoms with van der Waals surface area (Å²) in [5.41, 5.74) is 0.102. The zero-order chi connectivity index (χ0) is 16.4. The smallest absolute Gasteiger partial charge is 0.204 e. The molecule has 0 fully saturated rings. The first-order valence-corrected chi connectivity index (χ1v) is 7.12. The quantitative estimate of drug-likeness (QED) is 0.913. The molecule has 0 radical (unpaired) electrons. The van der Waals surface area contributed by atoms with Crippen molar-refractivity contribution in [2.24, 2.45) is 5.41 Å². The fourth-order valence-electron chi connectivity index (χ4n) is 1.96. The van der Waals surface area contributed by atoms with Crippen molar-refractivity contribution in [1.82, 2.24) is 0 Å². The molecule has 0 saturated heterocycles. The summed E-state index contributed by atoms with van der Waals surface area (Å²) in [6.07, 6.45) is -0.621. The summed E-state index contributed by atoms with van der Waals surface area (Å²) in [5, 5.41) is 10.5. The monoisotopic (exact) mass is 296 g/mol. The van der Waals surface area contributed by atoms with Gasteiger partial charge in [-0.15, -0.1) is 0 Å². The van der Waals surface area contributed by atoms with Gasteiger partial charge >= 0.3 is 0 Å². The van der Waals surface area contributed by atoms with Crippen LogP contribution < -0.4 is 14.2 Å². The second kappa shape index (κ2) is 6.14. The van der Waals surface area contributed by atoms with Crippen molar-refractivity contribution in [2.75, 3.05) is 14.2 Å². The Morgan fingerprint density at radius 3 is 1.62 bits per heavy atom. The summed E-state index contributed by atoms with van der Waals surface area (Å²) in [6.45, 7) is 11.8. The van der Waals surface area contributed by atoms with Gasteiger partial charge in [-0.2, -0.15) is 0 Å². The molecule has 0 heterocycles. The highest BCUT2D eigenvalue weighted by Gasteiger charge is 2.27. The minimum Gasteiger partial charge on any atom is -0.493 e. The van der Waals surface area contributed by atoms with Gasteiger partial charge in [0, 0.05) is 0 Å². The van der Waals surface area contributed by atoms with Gasteiger partial charge in [-0.3, -0.25) is 0 Å². The predicted octanol–water partition coefficient (Wildman–Crippen LogP) is 3.96. The van der Waals surface area contributed by atoms with Crippen molar-refractivity contribution in [2.45, 2.75) is 53.2 Å². The fraction of sp³-hybridized carbons (Fsp3) is 0.647. The molecule has 0 aromatic heterocycles. The van der Waals surface area contributed by atoms with Gasteiger partial charge in [0.25, 0.3) is 0 Å². The highest BCUT2D eigenvalue weighted by Crippen LogP contribution is 2.44. The van der Waals surface area contributed by atoms with Crippen LogP contribution in [0.15, 0.2) is 12.1 Å². The van der Waals surface area contributed by atoms with Gasteiger partial charge < -0.3 is 19.3 Å². The third-order valence-corrected chi connectivity index (χ3v) is 3.03. The largest absolute Gasteiger partial charge is 0.493 e. The van der Waals surface area contributed by atoms with Crippen molar-refractivity contribution >= 4 is 0 Å². The van der Waals surface area contributed by atoms with Crippen LogP contribution in [0.25, 0.3) is 0 Å². The van der Waals surface area contributed by atoms with Crippen LogP contribution in [0.1, 0.15) is 53.2 Å². The van der Waals surface area contributed by atoms with E-state index >= 15 is 0 Å². The molecule has 0 saturated carbocycles. The summed E-state index contributed by atoms with van der Waals surface area (Å²) >= 11 is 0. The van der Waals surface area contributed by atoms with E-state index in [9.17, 15) is 5.11 Å². The molecule has 1 atom stereocenters. The maximum absolute atomic E-state index is 10.5. The summed E-state index contributed by atoms with van der Waals surface area (Å²) in [5.74, 6) is 1.67. The van der Waals surface area contributed by atoms with E-state index in [1.165, 1.54) is 0 Å². The van der Waals surface area contributed by atoms with Crippen molar-refractivity contribution in [3.63, 3.8) is 0 Å². The standard InChI is InChI=1S/C17H28O4/c1-16(2,3)15(18)11-9-12(19-7)14(13(10-11)20-8)21-17(4,5)6/h9-10,15,18H,1-8H3. The molecule has 1 unspecified atom stereocenters. The van der Waals surface area contributed by atoms with Crippen LogP contribution in [0.3, 0.4) is 0 Å². The maximum Gasteiger partial charge on any atom is 0.204 e. The average Bonchev–Trinajstić information content (AvgIpc) is 2.35. The zero-order valence-electron chi connectivity index (χ0n) is 14.4. The summed E-state index contributed by atoms with van der Waals surface area (Å²) < 4.78 is 16.8. The molecule has 1 N–H and O–H groups in total. The highest BCUT2D eigenvalue weighted by molar-refractivity contribution is 5.54. The molecule has 21 heavy (non-hydrogen) atoms. The zero-order valence-corrected chi connectivity index (χ0v) is 14.4. The van der Waals surface area contributed by atoms with E-state index in [2.05, 4.69) is 0 Å². The molecule has 0 aliphatic heterocycles. The Morgan fingerprint density at radius 2 is 1.33 bits per heavy atom. The van der Waals surface area contributed by atoms with Crippen LogP contribution in [0.5, 0.6) is 17.2 Å². The Morgan fingerprint density at radius 1 is 0.905 bits per heavy atom. The normalized spacial score (nSPS) is 13.8. The van der Waals surface area contributed by atoms with Gasteiger partial charge in [-0.05, 0) is 43.9 Å². The Kier molecular flexibility index (Phi) is 5.16. The minimum absolute atomic E-state index is 0.275. The Hall–Kier alpha value is -1.42. The van der Waals surface area contributed by atoms with Crippen molar-refractivity contribution < 1.29 is 19.3 Å². The lowest BCUT2D eigenvalue weighted by Crippen LogP contribution is -2.24. The SMILES string of the molecule is COc1cc(C(O)C(C)(C)C)cc(OC)c1OC(C)(C)C. The second-order valence-corrected chi connectivity index (χ2v) is 7.24. The lowest BCUT2D eigenvalue weighted by molar-refractivity contribution is 0.0618. The summed E-state index contributed by atoms with van der Waals surface area (Å²) in [7, 11) is 3.16. The first-order chi connectivity index (χ1) is 9.49. The minimum atomic E-state index is -0.621. The van der Waals surface area contributed by atoms with E-state index in [1.54, 1.807) is 26.4 Å². The molecule has 1 aromatic rings. The molecule has 4 heteroatoms. The van der Waals surface area contributed by atoms with E-state index < -0.39 is 6.10 Å². The third-order valence-electron chi connectivity index (χ3n) is 3.03. The van der Waals surface area contributed by atoms with Gasteiger partial charge in [0.2, 0.25) is 5.75 Å². The number of rotatable bonds is 4. The van der Waals surface area contributed by atoms with Crippen LogP contribution >= 0.6 is 0 Å². The van der Waals surface area contributed by atoms with Crippen LogP contribution in [-0.4, -0.2) is 24.9 Å². The van der Waals surface area contributed by atoms with E-state index in [0.717, 1.165) is 5.56 Å². The maximum atomic E-state index is 10.5. The predicted molar refractivity (Wildman–Crippen MR) is 84.3 cm³/mol. The number of ether oxygens (including phenoxy) is 3. The second-order valence-electron chi connectivity index (χ2n) is 7.24. The topological polar surface area (TPSA) is 47.9 Å². The van der Waals surface area contributed by atoms with Crippen LogP contribution in [0.2, 0.25) is 0 Å². The van der Waals surface area contributed by atoms with Gasteiger partial charge in [0.1, 0.15) is 5.60 Å². The van der Waals surface area contributed by atoms with Crippen molar-refractivity contribution in [1.29, 1.82) is 0 Å². The van der Waals surface area contributed by atoms with E-state index in [-0.39, 0.29) is 11.0 Å². The molecule has 0 aliphatic carbocycles. The van der Waals surface area contributed by atoms with E-state index in [1.807, 2.05) is 41.5 Å². The Labute approximate surface area is 128 Å². The summed E-state index contributed by atoms with van der Waals surface area (Å²) in [4.78, 5) is 0. The lowest BCUT2D eigenvalue weighted by atomic mass is 9.84. The fourth-order valence-corrected chi connectivity index (χ4v) is 1.96. The lowest BCUT2D eigenvalue weighted by Gasteiger charge is -2.29. The Balaban J connectivity index is 3.36. The van der Waals surface area contributed by atoms with Crippen molar-refractivity contribution in [3.05, 3.63) is 17.7 Å². The number of hydrogen-bond donors (Lipinski definition) is 1. The molecule has 0 spiro atoms. The van der Waals surface area contributed by atoms with Crippen LogP contribution in [0.4, 0.5) is 0 Å². The Bertz CT molecular complexity index is 456. The van der Waals surface area contributed by atoms with Crippen LogP contribution in [0, 0.1) is 5.41 Å². The average molecular weight is 296 g/mol. The molecular formula is C17H28O4. The van der Waals surface area contributed by atoms with E-state index in [0.29, 0.717) is 17.2 Å². The number of methoxy groups -OCH3 is 2. The molecule has 1 aromatic carbocycles. The number of hydrogen-bond acceptors (Lipinski definition) is 4. The first-order valence-electron chi connectivity index (χ1n) is 7.12. The number of benzene rings is 1. The highest BCUT2D eigenvalue weighted by atomic mass is 16.5. The van der Waals surface area contributed by atoms with Crippen LogP contribution in [-0.2, 0) is 0 Å². The first kappa shape index (κ1) is 17.6. The van der Waals surface area contributed by atoms with Gasteiger partial charge in [-0.1, -0.05) is 20.8 Å². The summed E-state index contributed by atoms with van der Waals surface area (Å²) in [6, 6.07) is 3.61. The molecule has 4 nitrogen and oxygen atoms in total. The van der Waals surface area contributed by atoms with Gasteiger partial charge in [-0.25, -0.2) is 0 Å². The van der Waals surface area contributed by atoms with Crippen molar-refractivity contribution in [3.8, 4) is 17.2 Å². The van der Waals surface area contributed by atoms with E-state index in [4.69, 9.17) is 14.2 Å². The third kappa shape index (κ3) is 4.53. The molecule has 0 bridgehead atoms.